The molecule has 1 amide bonds. The maximum atomic E-state index is 13.1. The fourth-order valence-corrected chi connectivity index (χ4v) is 5.82. The van der Waals surface area contributed by atoms with Crippen LogP contribution in [0.2, 0.25) is 0 Å². The number of carbonyl (C=O) groups excluding carboxylic acids is 1. The van der Waals surface area contributed by atoms with Crippen LogP contribution in [-0.4, -0.2) is 33.4 Å². The van der Waals surface area contributed by atoms with E-state index in [2.05, 4.69) is 31.8 Å². The van der Waals surface area contributed by atoms with Gasteiger partial charge in [-0.3, -0.25) is 14.2 Å². The molecule has 3 aromatic heterocycles. The normalized spacial score (nSPS) is 20.3. The molecule has 0 spiro atoms. The van der Waals surface area contributed by atoms with E-state index in [0.717, 1.165) is 34.8 Å². The molecule has 1 aliphatic rings. The third-order valence-electron chi connectivity index (χ3n) is 5.09. The van der Waals surface area contributed by atoms with Crippen molar-refractivity contribution >= 4 is 38.8 Å². The minimum Gasteiger partial charge on any atom is -0.341 e. The van der Waals surface area contributed by atoms with Gasteiger partial charge in [-0.1, -0.05) is 13.8 Å². The average molecular weight is 402 g/mol. The summed E-state index contributed by atoms with van der Waals surface area (Å²) >= 11 is 3.14. The van der Waals surface area contributed by atoms with Crippen LogP contribution in [0.5, 0.6) is 0 Å². The highest BCUT2D eigenvalue weighted by Gasteiger charge is 2.26. The lowest BCUT2D eigenvalue weighted by Gasteiger charge is -2.35. The molecule has 4 heterocycles. The SMILES string of the molecule is Cc1ccc(-c2csc3ncn(CC(=O)N4C[C@H](C)C[C@H](C)C4)c(=O)c23)s1. The van der Waals surface area contributed by atoms with Crippen molar-refractivity contribution in [3.8, 4) is 10.4 Å². The standard InChI is InChI=1S/C20H23N3O2S2/c1-12-6-13(2)8-22(7-12)17(24)9-23-11-21-19-18(20(23)25)15(10-26-19)16-5-4-14(3)27-16/h4-5,10-13H,6-9H2,1-3H3/t12-,13+. The first-order valence-electron chi connectivity index (χ1n) is 9.23. The number of hydrogen-bond donors (Lipinski definition) is 0. The number of hydrogen-bond acceptors (Lipinski definition) is 5. The monoisotopic (exact) mass is 401 g/mol. The molecule has 2 atom stereocenters. The first kappa shape index (κ1) is 18.4. The van der Waals surface area contributed by atoms with E-state index in [4.69, 9.17) is 0 Å². The van der Waals surface area contributed by atoms with Crippen molar-refractivity contribution in [2.75, 3.05) is 13.1 Å². The first-order valence-corrected chi connectivity index (χ1v) is 10.9. The maximum Gasteiger partial charge on any atom is 0.263 e. The second-order valence-electron chi connectivity index (χ2n) is 7.66. The van der Waals surface area contributed by atoms with Crippen LogP contribution in [0.1, 0.15) is 25.1 Å². The van der Waals surface area contributed by atoms with Gasteiger partial charge >= 0.3 is 0 Å². The van der Waals surface area contributed by atoms with E-state index < -0.39 is 0 Å². The molecular weight excluding hydrogens is 378 g/mol. The van der Waals surface area contributed by atoms with Crippen LogP contribution < -0.4 is 5.56 Å². The van der Waals surface area contributed by atoms with Crippen LogP contribution in [0, 0.1) is 18.8 Å². The molecule has 5 nitrogen and oxygen atoms in total. The van der Waals surface area contributed by atoms with Crippen molar-refractivity contribution in [3.63, 3.8) is 0 Å². The molecule has 1 aliphatic heterocycles. The van der Waals surface area contributed by atoms with E-state index in [1.165, 1.54) is 27.1 Å². The van der Waals surface area contributed by atoms with Gasteiger partial charge in [0.25, 0.3) is 5.56 Å². The van der Waals surface area contributed by atoms with Gasteiger partial charge in [-0.2, -0.15) is 0 Å². The second-order valence-corrected chi connectivity index (χ2v) is 9.81. The van der Waals surface area contributed by atoms with Gasteiger partial charge in [0, 0.05) is 33.8 Å². The van der Waals surface area contributed by atoms with Crippen molar-refractivity contribution in [2.45, 2.75) is 33.7 Å². The molecule has 0 N–H and O–H groups in total. The van der Waals surface area contributed by atoms with Crippen molar-refractivity contribution < 1.29 is 4.79 Å². The van der Waals surface area contributed by atoms with Gasteiger partial charge in [0.15, 0.2) is 0 Å². The fourth-order valence-electron chi connectivity index (χ4n) is 3.95. The Balaban J connectivity index is 1.66. The Labute approximate surface area is 166 Å². The maximum absolute atomic E-state index is 13.1. The highest BCUT2D eigenvalue weighted by Crippen LogP contribution is 2.34. The van der Waals surface area contributed by atoms with Crippen LogP contribution in [0.15, 0.2) is 28.6 Å². The third-order valence-corrected chi connectivity index (χ3v) is 7.01. The quantitative estimate of drug-likeness (QED) is 0.667. The Bertz CT molecular complexity index is 1040. The second kappa shape index (κ2) is 7.20. The Hall–Kier alpha value is -1.99. The van der Waals surface area contributed by atoms with Gasteiger partial charge in [-0.15, -0.1) is 22.7 Å². The predicted molar refractivity (Wildman–Crippen MR) is 111 cm³/mol. The molecule has 7 heteroatoms. The summed E-state index contributed by atoms with van der Waals surface area (Å²) in [5.41, 5.74) is 0.793. The van der Waals surface area contributed by atoms with E-state index in [1.807, 2.05) is 16.3 Å². The lowest BCUT2D eigenvalue weighted by Crippen LogP contribution is -2.44. The Morgan fingerprint density at radius 1 is 1.26 bits per heavy atom. The van der Waals surface area contributed by atoms with Crippen molar-refractivity contribution in [1.29, 1.82) is 0 Å². The molecule has 3 aromatic rings. The Morgan fingerprint density at radius 2 is 2.00 bits per heavy atom. The molecule has 0 aromatic carbocycles. The molecule has 27 heavy (non-hydrogen) atoms. The number of likely N-dealkylation sites (tertiary alicyclic amines) is 1. The van der Waals surface area contributed by atoms with Crippen molar-refractivity contribution in [2.24, 2.45) is 11.8 Å². The summed E-state index contributed by atoms with van der Waals surface area (Å²) < 4.78 is 1.46. The average Bonchev–Trinajstić information content (AvgIpc) is 3.22. The van der Waals surface area contributed by atoms with Crippen LogP contribution in [0.4, 0.5) is 0 Å². The first-order chi connectivity index (χ1) is 12.9. The van der Waals surface area contributed by atoms with Crippen LogP contribution >= 0.6 is 22.7 Å². The minimum absolute atomic E-state index is 0.000368. The molecule has 4 rings (SSSR count). The molecule has 0 radical (unpaired) electrons. The predicted octanol–water partition coefficient (Wildman–Crippen LogP) is 4.00. The van der Waals surface area contributed by atoms with Crippen LogP contribution in [-0.2, 0) is 11.3 Å². The van der Waals surface area contributed by atoms with Crippen molar-refractivity contribution in [1.82, 2.24) is 14.5 Å². The zero-order valence-corrected chi connectivity index (χ0v) is 17.4. The molecule has 0 saturated carbocycles. The minimum atomic E-state index is -0.131. The highest BCUT2D eigenvalue weighted by atomic mass is 32.1. The topological polar surface area (TPSA) is 55.2 Å². The fraction of sp³-hybridized carbons (Fsp3) is 0.450. The summed E-state index contributed by atoms with van der Waals surface area (Å²) in [6.45, 7) is 8.00. The highest BCUT2D eigenvalue weighted by molar-refractivity contribution is 7.19. The van der Waals surface area contributed by atoms with E-state index >= 15 is 0 Å². The number of aromatic nitrogens is 2. The van der Waals surface area contributed by atoms with Gasteiger partial charge in [-0.25, -0.2) is 4.98 Å². The summed E-state index contributed by atoms with van der Waals surface area (Å²) in [7, 11) is 0. The summed E-state index contributed by atoms with van der Waals surface area (Å²) in [6.07, 6.45) is 2.66. The molecule has 0 aliphatic carbocycles. The van der Waals surface area contributed by atoms with Crippen molar-refractivity contribution in [3.05, 3.63) is 39.1 Å². The summed E-state index contributed by atoms with van der Waals surface area (Å²) in [5, 5.41) is 2.61. The lowest BCUT2D eigenvalue weighted by molar-refractivity contribution is -0.134. The van der Waals surface area contributed by atoms with E-state index in [1.54, 1.807) is 11.3 Å². The number of amides is 1. The lowest BCUT2D eigenvalue weighted by atomic mass is 9.92. The Kier molecular flexibility index (Phi) is 4.90. The molecule has 0 unspecified atom stereocenters. The molecular formula is C20H23N3O2S2. The van der Waals surface area contributed by atoms with Gasteiger partial charge in [-0.05, 0) is 37.3 Å². The largest absolute Gasteiger partial charge is 0.341 e. The van der Waals surface area contributed by atoms with Crippen LogP contribution in [0.3, 0.4) is 0 Å². The number of carbonyl (C=O) groups is 1. The number of piperidine rings is 1. The molecule has 1 fully saturated rings. The molecule has 0 bridgehead atoms. The smallest absolute Gasteiger partial charge is 0.263 e. The van der Waals surface area contributed by atoms with E-state index in [9.17, 15) is 9.59 Å². The zero-order valence-electron chi connectivity index (χ0n) is 15.8. The summed E-state index contributed by atoms with van der Waals surface area (Å²) in [6, 6.07) is 4.10. The van der Waals surface area contributed by atoms with E-state index in [0.29, 0.717) is 17.2 Å². The summed E-state index contributed by atoms with van der Waals surface area (Å²) in [4.78, 5) is 35.2. The van der Waals surface area contributed by atoms with Crippen LogP contribution in [0.25, 0.3) is 20.7 Å². The van der Waals surface area contributed by atoms with Gasteiger partial charge in [0.2, 0.25) is 5.91 Å². The number of nitrogens with zero attached hydrogens (tertiary/aromatic N) is 3. The molecule has 1 saturated heterocycles. The zero-order chi connectivity index (χ0) is 19.1. The third kappa shape index (κ3) is 3.58. The molecule has 142 valence electrons. The number of rotatable bonds is 3. The number of aryl methyl sites for hydroxylation is 1. The van der Waals surface area contributed by atoms with Gasteiger partial charge < -0.3 is 4.90 Å². The van der Waals surface area contributed by atoms with E-state index in [-0.39, 0.29) is 18.0 Å². The number of thiophene rings is 2. The van der Waals surface area contributed by atoms with Gasteiger partial charge in [0.1, 0.15) is 11.4 Å². The van der Waals surface area contributed by atoms with Gasteiger partial charge in [0.05, 0.1) is 11.7 Å². The summed E-state index contributed by atoms with van der Waals surface area (Å²) in [5.74, 6) is 1.00. The Morgan fingerprint density at radius 3 is 2.67 bits per heavy atom. The number of fused-ring (bicyclic) bond motifs is 1.